The van der Waals surface area contributed by atoms with Crippen molar-refractivity contribution in [1.29, 1.82) is 0 Å². The minimum absolute atomic E-state index is 0.0470. The van der Waals surface area contributed by atoms with Crippen LogP contribution in [0.3, 0.4) is 0 Å². The molecule has 0 radical (unpaired) electrons. The third-order valence-corrected chi connectivity index (χ3v) is 6.84. The van der Waals surface area contributed by atoms with Gasteiger partial charge in [0.1, 0.15) is 11.3 Å². The number of rotatable bonds is 5. The molecule has 1 aliphatic rings. The number of furan rings is 1. The number of hydrogen-bond donors (Lipinski definition) is 0. The molecule has 1 aliphatic heterocycles. The quantitative estimate of drug-likeness (QED) is 0.340. The summed E-state index contributed by atoms with van der Waals surface area (Å²) < 4.78 is 11.9. The van der Waals surface area contributed by atoms with Crippen LogP contribution >= 0.6 is 0 Å². The van der Waals surface area contributed by atoms with E-state index in [4.69, 9.17) is 9.15 Å². The van der Waals surface area contributed by atoms with E-state index in [1.165, 1.54) is 10.8 Å². The maximum absolute atomic E-state index is 13.0. The van der Waals surface area contributed by atoms with Gasteiger partial charge in [0.05, 0.1) is 12.9 Å². The molecule has 6 nitrogen and oxygen atoms in total. The SMILES string of the molecule is CCOc1cc2occ(-c3ccc4ccccc4c3)c2cc1/C(C)=C/C(=O)N1CCN(C(C)=O)CC1. The van der Waals surface area contributed by atoms with Crippen LogP contribution in [0.1, 0.15) is 26.3 Å². The molecule has 36 heavy (non-hydrogen) atoms. The highest BCUT2D eigenvalue weighted by atomic mass is 16.5. The van der Waals surface area contributed by atoms with Crippen LogP contribution in [0.25, 0.3) is 38.4 Å². The zero-order chi connectivity index (χ0) is 25.2. The average Bonchev–Trinajstić information content (AvgIpc) is 3.31. The Bertz CT molecular complexity index is 1480. The van der Waals surface area contributed by atoms with Crippen molar-refractivity contribution in [2.45, 2.75) is 20.8 Å². The number of piperazine rings is 1. The molecule has 0 atom stereocenters. The lowest BCUT2D eigenvalue weighted by Gasteiger charge is -2.33. The molecular weight excluding hydrogens is 452 g/mol. The summed E-state index contributed by atoms with van der Waals surface area (Å²) in [4.78, 5) is 28.2. The van der Waals surface area contributed by atoms with Crippen LogP contribution < -0.4 is 4.74 Å². The average molecular weight is 483 g/mol. The molecule has 0 bridgehead atoms. The van der Waals surface area contributed by atoms with Crippen molar-refractivity contribution >= 4 is 39.1 Å². The number of allylic oxidation sites excluding steroid dienone is 1. The Balaban J connectivity index is 1.50. The number of nitrogens with zero attached hydrogens (tertiary/aromatic N) is 2. The number of carbonyl (C=O) groups is 2. The molecule has 0 N–H and O–H groups in total. The number of hydrogen-bond acceptors (Lipinski definition) is 4. The fourth-order valence-electron chi connectivity index (χ4n) is 4.81. The Morgan fingerprint density at radius 1 is 0.944 bits per heavy atom. The first kappa shape index (κ1) is 23.7. The normalized spacial score (nSPS) is 14.5. The highest BCUT2D eigenvalue weighted by Crippen LogP contribution is 2.38. The summed E-state index contributed by atoms with van der Waals surface area (Å²) in [6.45, 7) is 8.14. The van der Waals surface area contributed by atoms with Crippen LogP contribution in [0, 0.1) is 0 Å². The first-order valence-corrected chi connectivity index (χ1v) is 12.3. The third-order valence-electron chi connectivity index (χ3n) is 6.84. The minimum atomic E-state index is -0.0554. The van der Waals surface area contributed by atoms with Gasteiger partial charge in [-0.25, -0.2) is 0 Å². The van der Waals surface area contributed by atoms with Crippen molar-refractivity contribution in [3.8, 4) is 16.9 Å². The number of benzene rings is 3. The van der Waals surface area contributed by atoms with Gasteiger partial charge in [0.15, 0.2) is 0 Å². The summed E-state index contributed by atoms with van der Waals surface area (Å²) >= 11 is 0. The first-order valence-electron chi connectivity index (χ1n) is 12.3. The Morgan fingerprint density at radius 2 is 1.67 bits per heavy atom. The largest absolute Gasteiger partial charge is 0.493 e. The van der Waals surface area contributed by atoms with Gasteiger partial charge in [0.25, 0.3) is 0 Å². The Labute approximate surface area is 210 Å². The van der Waals surface area contributed by atoms with Gasteiger partial charge < -0.3 is 19.0 Å². The van der Waals surface area contributed by atoms with Crippen LogP contribution in [0.2, 0.25) is 0 Å². The third kappa shape index (κ3) is 4.59. The molecule has 0 unspecified atom stereocenters. The molecule has 184 valence electrons. The van der Waals surface area contributed by atoms with Crippen LogP contribution in [0.5, 0.6) is 5.75 Å². The topological polar surface area (TPSA) is 63.0 Å². The summed E-state index contributed by atoms with van der Waals surface area (Å²) in [7, 11) is 0. The summed E-state index contributed by atoms with van der Waals surface area (Å²) in [5.74, 6) is 0.679. The van der Waals surface area contributed by atoms with E-state index in [1.54, 1.807) is 29.1 Å². The van der Waals surface area contributed by atoms with Crippen molar-refractivity contribution in [2.24, 2.45) is 0 Å². The zero-order valence-corrected chi connectivity index (χ0v) is 20.9. The molecule has 3 aromatic carbocycles. The summed E-state index contributed by atoms with van der Waals surface area (Å²) in [5, 5.41) is 3.33. The standard InChI is InChI=1S/C30H30N2O4/c1-4-35-28-18-29-26(27(19-36-29)24-10-9-22-7-5-6-8-23(22)16-24)17-25(28)20(2)15-30(34)32-13-11-31(12-14-32)21(3)33/h5-10,15-19H,4,11-14H2,1-3H3/b20-15+. The number of carbonyl (C=O) groups excluding carboxylic acids is 2. The maximum Gasteiger partial charge on any atom is 0.246 e. The van der Waals surface area contributed by atoms with E-state index in [0.717, 1.165) is 33.2 Å². The molecule has 1 aromatic heterocycles. The van der Waals surface area contributed by atoms with Crippen molar-refractivity contribution in [2.75, 3.05) is 32.8 Å². The van der Waals surface area contributed by atoms with Crippen LogP contribution in [-0.2, 0) is 9.59 Å². The van der Waals surface area contributed by atoms with E-state index in [0.29, 0.717) is 38.5 Å². The van der Waals surface area contributed by atoms with E-state index in [1.807, 2.05) is 32.0 Å². The van der Waals surface area contributed by atoms with Gasteiger partial charge in [-0.05, 0) is 47.9 Å². The molecule has 1 fully saturated rings. The minimum Gasteiger partial charge on any atom is -0.493 e. The smallest absolute Gasteiger partial charge is 0.246 e. The molecule has 2 amide bonds. The highest BCUT2D eigenvalue weighted by Gasteiger charge is 2.22. The first-order chi connectivity index (χ1) is 17.4. The molecular formula is C30H30N2O4. The lowest BCUT2D eigenvalue weighted by molar-refractivity contribution is -0.135. The van der Waals surface area contributed by atoms with Gasteiger partial charge in [0, 0.05) is 61.8 Å². The van der Waals surface area contributed by atoms with Crippen molar-refractivity contribution in [3.05, 3.63) is 72.5 Å². The van der Waals surface area contributed by atoms with Gasteiger partial charge in [-0.15, -0.1) is 0 Å². The lowest BCUT2D eigenvalue weighted by atomic mass is 9.97. The fourth-order valence-corrected chi connectivity index (χ4v) is 4.81. The van der Waals surface area contributed by atoms with E-state index in [9.17, 15) is 9.59 Å². The number of fused-ring (bicyclic) bond motifs is 2. The van der Waals surface area contributed by atoms with Crippen LogP contribution in [0.4, 0.5) is 0 Å². The molecule has 6 heteroatoms. The second-order valence-electron chi connectivity index (χ2n) is 9.15. The predicted molar refractivity (Wildman–Crippen MR) is 143 cm³/mol. The van der Waals surface area contributed by atoms with Gasteiger partial charge in [-0.3, -0.25) is 9.59 Å². The Hall–Kier alpha value is -4.06. The van der Waals surface area contributed by atoms with Crippen LogP contribution in [0.15, 0.2) is 71.4 Å². The molecule has 0 saturated carbocycles. The van der Waals surface area contributed by atoms with E-state index < -0.39 is 0 Å². The molecule has 2 heterocycles. The monoisotopic (exact) mass is 482 g/mol. The van der Waals surface area contributed by atoms with Gasteiger partial charge in [-0.1, -0.05) is 36.4 Å². The number of amides is 2. The Kier molecular flexibility index (Phi) is 6.51. The second-order valence-corrected chi connectivity index (χ2v) is 9.15. The van der Waals surface area contributed by atoms with E-state index in [-0.39, 0.29) is 11.8 Å². The molecule has 5 rings (SSSR count). The molecule has 0 aliphatic carbocycles. The summed E-state index contributed by atoms with van der Waals surface area (Å²) in [6.07, 6.45) is 3.45. The lowest BCUT2D eigenvalue weighted by Crippen LogP contribution is -2.49. The summed E-state index contributed by atoms with van der Waals surface area (Å²) in [5.41, 5.74) is 4.50. The summed E-state index contributed by atoms with van der Waals surface area (Å²) in [6, 6.07) is 18.6. The van der Waals surface area contributed by atoms with E-state index >= 15 is 0 Å². The zero-order valence-electron chi connectivity index (χ0n) is 20.9. The van der Waals surface area contributed by atoms with E-state index in [2.05, 4.69) is 36.4 Å². The van der Waals surface area contributed by atoms with Crippen molar-refractivity contribution in [1.82, 2.24) is 9.80 Å². The molecule has 4 aromatic rings. The fraction of sp³-hybridized carbons (Fsp3) is 0.267. The van der Waals surface area contributed by atoms with Crippen LogP contribution in [-0.4, -0.2) is 54.4 Å². The van der Waals surface area contributed by atoms with Crippen molar-refractivity contribution < 1.29 is 18.7 Å². The Morgan fingerprint density at radius 3 is 2.39 bits per heavy atom. The van der Waals surface area contributed by atoms with Gasteiger partial charge in [-0.2, -0.15) is 0 Å². The second kappa shape index (κ2) is 9.90. The number of ether oxygens (including phenoxy) is 1. The molecule has 1 saturated heterocycles. The van der Waals surface area contributed by atoms with Gasteiger partial charge in [0.2, 0.25) is 11.8 Å². The van der Waals surface area contributed by atoms with Crippen molar-refractivity contribution in [3.63, 3.8) is 0 Å². The maximum atomic E-state index is 13.0. The molecule has 0 spiro atoms. The highest BCUT2D eigenvalue weighted by molar-refractivity contribution is 6.01. The predicted octanol–water partition coefficient (Wildman–Crippen LogP) is 5.75. The van der Waals surface area contributed by atoms with Gasteiger partial charge >= 0.3 is 0 Å².